The van der Waals surface area contributed by atoms with E-state index < -0.39 is 0 Å². The summed E-state index contributed by atoms with van der Waals surface area (Å²) < 4.78 is 0. The minimum atomic E-state index is 0.636. The summed E-state index contributed by atoms with van der Waals surface area (Å²) in [5, 5.41) is 8.11. The molecule has 1 aliphatic rings. The average Bonchev–Trinajstić information content (AvgIpc) is 3.17. The summed E-state index contributed by atoms with van der Waals surface area (Å²) in [5.74, 6) is 0.920. The van der Waals surface area contributed by atoms with E-state index in [0.717, 1.165) is 18.9 Å². The van der Waals surface area contributed by atoms with E-state index in [1.54, 1.807) is 0 Å². The number of nitrogens with zero attached hydrogens (tertiary/aromatic N) is 1. The summed E-state index contributed by atoms with van der Waals surface area (Å²) in [5.41, 5.74) is 3.91. The van der Waals surface area contributed by atoms with Crippen LogP contribution in [0.4, 0.5) is 0 Å². The first kappa shape index (κ1) is 13.0. The van der Waals surface area contributed by atoms with Gasteiger partial charge in [-0.15, -0.1) is 0 Å². The molecule has 0 spiro atoms. The van der Waals surface area contributed by atoms with Gasteiger partial charge in [-0.05, 0) is 37.3 Å². The summed E-state index contributed by atoms with van der Waals surface area (Å²) in [4.78, 5) is 7.63. The van der Waals surface area contributed by atoms with Crippen LogP contribution in [0, 0.1) is 6.92 Å². The first-order chi connectivity index (χ1) is 9.78. The number of hydrogen-bond donors (Lipinski definition) is 3. The Morgan fingerprint density at radius 3 is 3.00 bits per heavy atom. The van der Waals surface area contributed by atoms with Gasteiger partial charge in [0, 0.05) is 36.7 Å². The highest BCUT2D eigenvalue weighted by Gasteiger charge is 2.21. The van der Waals surface area contributed by atoms with Crippen molar-refractivity contribution in [2.75, 3.05) is 13.6 Å². The number of para-hydroxylation sites is 1. The van der Waals surface area contributed by atoms with Gasteiger partial charge in [0.2, 0.25) is 0 Å². The number of hydrogen-bond acceptors (Lipinski definition) is 1. The molecule has 1 aliphatic carbocycles. The molecule has 0 atom stereocenters. The van der Waals surface area contributed by atoms with E-state index in [9.17, 15) is 0 Å². The number of aliphatic imine (C=N–C) groups is 1. The summed E-state index contributed by atoms with van der Waals surface area (Å²) >= 11 is 0. The highest BCUT2D eigenvalue weighted by molar-refractivity contribution is 5.86. The quantitative estimate of drug-likeness (QED) is 0.590. The molecule has 3 rings (SSSR count). The summed E-state index contributed by atoms with van der Waals surface area (Å²) in [6, 6.07) is 7.08. The Bertz CT molecular complexity index is 622. The summed E-state index contributed by atoms with van der Waals surface area (Å²) in [6.45, 7) is 3.04. The Kier molecular flexibility index (Phi) is 3.63. The van der Waals surface area contributed by atoms with Crippen molar-refractivity contribution < 1.29 is 0 Å². The minimum Gasteiger partial charge on any atom is -0.361 e. The first-order valence-electron chi connectivity index (χ1n) is 7.30. The molecule has 3 N–H and O–H groups in total. The molecule has 0 saturated heterocycles. The van der Waals surface area contributed by atoms with E-state index in [4.69, 9.17) is 0 Å². The number of benzene rings is 1. The second kappa shape index (κ2) is 5.57. The highest BCUT2D eigenvalue weighted by Crippen LogP contribution is 2.21. The molecule has 4 heteroatoms. The van der Waals surface area contributed by atoms with Crippen LogP contribution in [0.3, 0.4) is 0 Å². The van der Waals surface area contributed by atoms with Gasteiger partial charge in [0.05, 0.1) is 0 Å². The Labute approximate surface area is 119 Å². The van der Waals surface area contributed by atoms with Crippen LogP contribution in [-0.2, 0) is 6.42 Å². The van der Waals surface area contributed by atoms with Gasteiger partial charge in [-0.25, -0.2) is 0 Å². The van der Waals surface area contributed by atoms with Gasteiger partial charge in [-0.1, -0.05) is 18.2 Å². The Morgan fingerprint density at radius 2 is 2.25 bits per heavy atom. The molecule has 20 heavy (non-hydrogen) atoms. The summed E-state index contributed by atoms with van der Waals surface area (Å²) in [6.07, 6.45) is 5.65. The lowest BCUT2D eigenvalue weighted by Crippen LogP contribution is -2.39. The van der Waals surface area contributed by atoms with Gasteiger partial charge < -0.3 is 15.6 Å². The molecule has 0 amide bonds. The van der Waals surface area contributed by atoms with Crippen LogP contribution >= 0.6 is 0 Å². The number of H-pyrrole nitrogens is 1. The Hall–Kier alpha value is -1.97. The number of guanidine groups is 1. The topological polar surface area (TPSA) is 52.2 Å². The van der Waals surface area contributed by atoms with Crippen molar-refractivity contribution in [1.29, 1.82) is 0 Å². The fraction of sp³-hybridized carbons (Fsp3) is 0.438. The molecule has 1 fully saturated rings. The fourth-order valence-corrected chi connectivity index (χ4v) is 2.50. The predicted molar refractivity (Wildman–Crippen MR) is 84.3 cm³/mol. The van der Waals surface area contributed by atoms with Crippen LogP contribution in [0.1, 0.15) is 24.0 Å². The maximum atomic E-state index is 4.25. The SMILES string of the molecule is CN=C(NCCc1c[nH]c2c(C)cccc12)NC1CC1. The molecule has 106 valence electrons. The zero-order valence-corrected chi connectivity index (χ0v) is 12.2. The van der Waals surface area contributed by atoms with Gasteiger partial charge in [0.25, 0.3) is 0 Å². The number of fused-ring (bicyclic) bond motifs is 1. The zero-order valence-electron chi connectivity index (χ0n) is 12.2. The molecule has 1 aromatic heterocycles. The first-order valence-corrected chi connectivity index (χ1v) is 7.30. The molecule has 1 aromatic carbocycles. The third kappa shape index (κ3) is 2.79. The normalized spacial score (nSPS) is 15.6. The molecule has 0 unspecified atom stereocenters. The van der Waals surface area contributed by atoms with Gasteiger partial charge in [0.15, 0.2) is 5.96 Å². The molecule has 0 bridgehead atoms. The van der Waals surface area contributed by atoms with E-state index in [1.807, 2.05) is 7.05 Å². The third-order valence-corrected chi connectivity index (χ3v) is 3.84. The standard InChI is InChI=1S/C16H22N4/c1-11-4-3-5-14-12(10-19-15(11)14)8-9-18-16(17-2)20-13-6-7-13/h3-5,10,13,19H,6-9H2,1-2H3,(H2,17,18,20). The lowest BCUT2D eigenvalue weighted by Gasteiger charge is -2.10. The van der Waals surface area contributed by atoms with Crippen LogP contribution in [-0.4, -0.2) is 30.6 Å². The van der Waals surface area contributed by atoms with E-state index >= 15 is 0 Å². The number of aryl methyl sites for hydroxylation is 1. The number of aromatic amines is 1. The maximum Gasteiger partial charge on any atom is 0.191 e. The molecule has 2 aromatic rings. The second-order valence-corrected chi connectivity index (χ2v) is 5.48. The fourth-order valence-electron chi connectivity index (χ4n) is 2.50. The molecular formula is C16H22N4. The van der Waals surface area contributed by atoms with Crippen molar-refractivity contribution in [3.05, 3.63) is 35.5 Å². The lowest BCUT2D eigenvalue weighted by molar-refractivity contribution is 0.793. The Morgan fingerprint density at radius 1 is 1.40 bits per heavy atom. The third-order valence-electron chi connectivity index (χ3n) is 3.84. The van der Waals surface area contributed by atoms with Crippen molar-refractivity contribution >= 4 is 16.9 Å². The number of nitrogens with one attached hydrogen (secondary N) is 3. The van der Waals surface area contributed by atoms with E-state index in [0.29, 0.717) is 6.04 Å². The number of rotatable bonds is 4. The van der Waals surface area contributed by atoms with Gasteiger partial charge in [-0.2, -0.15) is 0 Å². The van der Waals surface area contributed by atoms with Crippen LogP contribution in [0.2, 0.25) is 0 Å². The monoisotopic (exact) mass is 270 g/mol. The van der Waals surface area contributed by atoms with Crippen LogP contribution in [0.25, 0.3) is 10.9 Å². The van der Waals surface area contributed by atoms with Crippen molar-refractivity contribution in [3.63, 3.8) is 0 Å². The maximum absolute atomic E-state index is 4.25. The summed E-state index contributed by atoms with van der Waals surface area (Å²) in [7, 11) is 1.83. The minimum absolute atomic E-state index is 0.636. The lowest BCUT2D eigenvalue weighted by atomic mass is 10.1. The van der Waals surface area contributed by atoms with Gasteiger partial charge in [-0.3, -0.25) is 4.99 Å². The molecular weight excluding hydrogens is 248 g/mol. The van der Waals surface area contributed by atoms with Crippen molar-refractivity contribution in [3.8, 4) is 0 Å². The van der Waals surface area contributed by atoms with Gasteiger partial charge >= 0.3 is 0 Å². The molecule has 4 nitrogen and oxygen atoms in total. The van der Waals surface area contributed by atoms with E-state index in [1.165, 1.54) is 34.9 Å². The largest absolute Gasteiger partial charge is 0.361 e. The van der Waals surface area contributed by atoms with Gasteiger partial charge in [0.1, 0.15) is 0 Å². The molecule has 0 aliphatic heterocycles. The van der Waals surface area contributed by atoms with Crippen molar-refractivity contribution in [1.82, 2.24) is 15.6 Å². The van der Waals surface area contributed by atoms with Crippen LogP contribution < -0.4 is 10.6 Å². The molecule has 1 saturated carbocycles. The van der Waals surface area contributed by atoms with Crippen molar-refractivity contribution in [2.24, 2.45) is 4.99 Å². The smallest absolute Gasteiger partial charge is 0.191 e. The zero-order chi connectivity index (χ0) is 13.9. The molecule has 0 radical (unpaired) electrons. The Balaban J connectivity index is 1.60. The number of aromatic nitrogens is 1. The van der Waals surface area contributed by atoms with Crippen LogP contribution in [0.15, 0.2) is 29.4 Å². The predicted octanol–water partition coefficient (Wildman–Crippen LogP) is 2.35. The molecule has 1 heterocycles. The average molecular weight is 270 g/mol. The van der Waals surface area contributed by atoms with E-state index in [-0.39, 0.29) is 0 Å². The highest BCUT2D eigenvalue weighted by atomic mass is 15.2. The van der Waals surface area contributed by atoms with Crippen molar-refractivity contribution in [2.45, 2.75) is 32.2 Å². The van der Waals surface area contributed by atoms with Crippen LogP contribution in [0.5, 0.6) is 0 Å². The second-order valence-electron chi connectivity index (χ2n) is 5.48. The van der Waals surface area contributed by atoms with E-state index in [2.05, 4.69) is 51.9 Å².